The average Bonchev–Trinajstić information content (AvgIpc) is 3.42. The number of ether oxygens (including phenoxy) is 1. The molecule has 0 bridgehead atoms. The van der Waals surface area contributed by atoms with E-state index in [0.717, 1.165) is 28.1 Å². The number of fused-ring (bicyclic) bond motifs is 1. The first-order valence-corrected chi connectivity index (χ1v) is 11.3. The van der Waals surface area contributed by atoms with Gasteiger partial charge < -0.3 is 25.2 Å². The Labute approximate surface area is 203 Å². The van der Waals surface area contributed by atoms with Crippen LogP contribution in [0.25, 0.3) is 0 Å². The topological polar surface area (TPSA) is 99.9 Å². The molecule has 8 nitrogen and oxygen atoms in total. The van der Waals surface area contributed by atoms with E-state index in [1.807, 2.05) is 61.5 Å². The molecule has 0 saturated carbocycles. The van der Waals surface area contributed by atoms with Crippen molar-refractivity contribution in [3.63, 3.8) is 0 Å². The fourth-order valence-electron chi connectivity index (χ4n) is 4.38. The number of hydrogen-bond acceptors (Lipinski definition) is 6. The fourth-order valence-corrected chi connectivity index (χ4v) is 4.38. The summed E-state index contributed by atoms with van der Waals surface area (Å²) < 4.78 is 7.00. The second-order valence-corrected chi connectivity index (χ2v) is 8.62. The molecule has 0 atom stereocenters. The van der Waals surface area contributed by atoms with Crippen molar-refractivity contribution in [1.82, 2.24) is 14.7 Å². The molecular weight excluding hydrogens is 444 g/mol. The Morgan fingerprint density at radius 3 is 2.37 bits per heavy atom. The Morgan fingerprint density at radius 2 is 1.71 bits per heavy atom. The predicted molar refractivity (Wildman–Crippen MR) is 132 cm³/mol. The monoisotopic (exact) mass is 470 g/mol. The number of hydrogen-bond donors (Lipinski definition) is 3. The van der Waals surface area contributed by atoms with Crippen LogP contribution in [0.1, 0.15) is 32.7 Å². The van der Waals surface area contributed by atoms with Gasteiger partial charge in [-0.3, -0.25) is 4.79 Å². The summed E-state index contributed by atoms with van der Waals surface area (Å²) in [5.74, 6) is 0.642. The fraction of sp³-hybridized carbons (Fsp3) is 0.185. The molecule has 2 heterocycles. The van der Waals surface area contributed by atoms with Gasteiger partial charge in [-0.05, 0) is 35.7 Å². The van der Waals surface area contributed by atoms with Gasteiger partial charge in [0.15, 0.2) is 0 Å². The molecule has 0 fully saturated rings. The number of aryl methyl sites for hydroxylation is 1. The number of amides is 1. The summed E-state index contributed by atoms with van der Waals surface area (Å²) in [6.07, 6.45) is 0. The zero-order valence-corrected chi connectivity index (χ0v) is 19.5. The Bertz CT molecular complexity index is 1370. The van der Waals surface area contributed by atoms with Gasteiger partial charge in [0.05, 0.1) is 25.0 Å². The third kappa shape index (κ3) is 4.50. The molecular formula is C27H26N4O4. The Balaban J connectivity index is 1.45. The van der Waals surface area contributed by atoms with E-state index in [4.69, 9.17) is 4.74 Å². The van der Waals surface area contributed by atoms with Crippen LogP contribution in [-0.2, 0) is 19.6 Å². The molecule has 8 heteroatoms. The van der Waals surface area contributed by atoms with Gasteiger partial charge in [-0.1, -0.05) is 36.4 Å². The van der Waals surface area contributed by atoms with Crippen molar-refractivity contribution in [3.05, 3.63) is 94.7 Å². The van der Waals surface area contributed by atoms with Crippen molar-refractivity contribution in [2.75, 3.05) is 12.4 Å². The smallest absolute Gasteiger partial charge is 0.260 e. The maximum atomic E-state index is 13.5. The van der Waals surface area contributed by atoms with Crippen LogP contribution >= 0.6 is 0 Å². The third-order valence-electron chi connectivity index (χ3n) is 6.10. The van der Waals surface area contributed by atoms with Gasteiger partial charge in [0.2, 0.25) is 0 Å². The minimum absolute atomic E-state index is 0.102. The molecule has 1 aliphatic heterocycles. The van der Waals surface area contributed by atoms with E-state index in [2.05, 4.69) is 10.4 Å². The van der Waals surface area contributed by atoms with Gasteiger partial charge in [-0.15, -0.1) is 0 Å². The van der Waals surface area contributed by atoms with Crippen LogP contribution in [0.5, 0.6) is 17.2 Å². The largest absolute Gasteiger partial charge is 0.508 e. The van der Waals surface area contributed by atoms with Crippen molar-refractivity contribution in [3.8, 4) is 17.2 Å². The summed E-state index contributed by atoms with van der Waals surface area (Å²) in [6.45, 7) is 3.28. The molecule has 1 amide bonds. The number of benzene rings is 3. The molecule has 3 aromatic carbocycles. The summed E-state index contributed by atoms with van der Waals surface area (Å²) in [6, 6.07) is 20.1. The molecule has 4 aromatic rings. The van der Waals surface area contributed by atoms with Crippen LogP contribution in [0.2, 0.25) is 0 Å². The average molecular weight is 471 g/mol. The van der Waals surface area contributed by atoms with E-state index in [-0.39, 0.29) is 23.0 Å². The zero-order chi connectivity index (χ0) is 24.5. The van der Waals surface area contributed by atoms with Gasteiger partial charge in [0, 0.05) is 31.3 Å². The number of carbonyl (C=O) groups is 1. The summed E-state index contributed by atoms with van der Waals surface area (Å²) >= 11 is 0. The maximum Gasteiger partial charge on any atom is 0.260 e. The van der Waals surface area contributed by atoms with Gasteiger partial charge >= 0.3 is 0 Å². The lowest BCUT2D eigenvalue weighted by Gasteiger charge is -2.20. The van der Waals surface area contributed by atoms with Gasteiger partial charge in [0.25, 0.3) is 5.91 Å². The highest BCUT2D eigenvalue weighted by Crippen LogP contribution is 2.36. The molecule has 0 saturated heterocycles. The number of aromatic nitrogens is 2. The zero-order valence-electron chi connectivity index (χ0n) is 19.5. The predicted octanol–water partition coefficient (Wildman–Crippen LogP) is 4.56. The second kappa shape index (κ2) is 9.06. The molecule has 0 unspecified atom stereocenters. The summed E-state index contributed by atoms with van der Waals surface area (Å²) in [5.41, 5.74) is 4.38. The number of rotatable bonds is 6. The Kier molecular flexibility index (Phi) is 5.78. The first-order valence-electron chi connectivity index (χ1n) is 11.3. The maximum absolute atomic E-state index is 13.5. The van der Waals surface area contributed by atoms with E-state index in [9.17, 15) is 15.0 Å². The molecule has 1 aliphatic rings. The highest BCUT2D eigenvalue weighted by molar-refractivity contribution is 6.03. The number of anilines is 2. The van der Waals surface area contributed by atoms with E-state index in [0.29, 0.717) is 31.1 Å². The number of nitrogens with one attached hydrogen (secondary N) is 1. The van der Waals surface area contributed by atoms with E-state index >= 15 is 0 Å². The molecule has 5 rings (SSSR count). The molecule has 0 radical (unpaired) electrons. The van der Waals surface area contributed by atoms with Gasteiger partial charge in [-0.2, -0.15) is 5.10 Å². The van der Waals surface area contributed by atoms with E-state index in [1.54, 1.807) is 16.7 Å². The molecule has 0 aliphatic carbocycles. The minimum atomic E-state index is -0.320. The normalized spacial score (nSPS) is 12.5. The summed E-state index contributed by atoms with van der Waals surface area (Å²) in [5, 5.41) is 28.7. The summed E-state index contributed by atoms with van der Waals surface area (Å²) in [4.78, 5) is 15.2. The van der Waals surface area contributed by atoms with Crippen molar-refractivity contribution >= 4 is 17.4 Å². The van der Waals surface area contributed by atoms with Crippen molar-refractivity contribution in [1.29, 1.82) is 0 Å². The van der Waals surface area contributed by atoms with Crippen LogP contribution < -0.4 is 10.1 Å². The first-order chi connectivity index (χ1) is 16.9. The summed E-state index contributed by atoms with van der Waals surface area (Å²) in [7, 11) is 1.62. The number of methoxy groups -OCH3 is 1. The molecule has 1 aromatic heterocycles. The SMILES string of the molecule is COc1ccc(Cn2nc(C)cc2Nc2cc(O)cc(O)c2C(=O)N2Cc3ccccc3C2)cc1. The number of aromatic hydroxyl groups is 2. The van der Waals surface area contributed by atoms with Crippen LogP contribution in [0.4, 0.5) is 11.5 Å². The lowest BCUT2D eigenvalue weighted by atomic mass is 10.1. The quantitative estimate of drug-likeness (QED) is 0.382. The van der Waals surface area contributed by atoms with Crippen molar-refractivity contribution in [2.24, 2.45) is 0 Å². The molecule has 0 spiro atoms. The van der Waals surface area contributed by atoms with E-state index < -0.39 is 0 Å². The van der Waals surface area contributed by atoms with Crippen molar-refractivity contribution in [2.45, 2.75) is 26.6 Å². The van der Waals surface area contributed by atoms with Crippen LogP contribution in [0.15, 0.2) is 66.7 Å². The third-order valence-corrected chi connectivity index (χ3v) is 6.10. The van der Waals surface area contributed by atoms with Gasteiger partial charge in [0.1, 0.15) is 28.6 Å². The number of carbonyl (C=O) groups excluding carboxylic acids is 1. The van der Waals surface area contributed by atoms with Crippen molar-refractivity contribution < 1.29 is 19.7 Å². The van der Waals surface area contributed by atoms with E-state index in [1.165, 1.54) is 12.1 Å². The number of nitrogens with zero attached hydrogens (tertiary/aromatic N) is 3. The minimum Gasteiger partial charge on any atom is -0.508 e. The molecule has 3 N–H and O–H groups in total. The number of phenolic OH excluding ortho intramolecular Hbond substituents is 2. The highest BCUT2D eigenvalue weighted by atomic mass is 16.5. The Hall–Kier alpha value is -4.46. The molecule has 178 valence electrons. The van der Waals surface area contributed by atoms with Crippen LogP contribution in [0.3, 0.4) is 0 Å². The van der Waals surface area contributed by atoms with Crippen LogP contribution in [-0.4, -0.2) is 37.9 Å². The lowest BCUT2D eigenvalue weighted by molar-refractivity contribution is 0.0749. The highest BCUT2D eigenvalue weighted by Gasteiger charge is 2.28. The lowest BCUT2D eigenvalue weighted by Crippen LogP contribution is -2.26. The van der Waals surface area contributed by atoms with Crippen LogP contribution in [0, 0.1) is 6.92 Å². The first kappa shape index (κ1) is 22.3. The van der Waals surface area contributed by atoms with Gasteiger partial charge in [-0.25, -0.2) is 4.68 Å². The molecule has 35 heavy (non-hydrogen) atoms. The number of phenols is 2. The standard InChI is InChI=1S/C27H26N4O4/c1-17-11-25(31(29-17)14-18-7-9-22(35-2)10-8-18)28-23-12-21(32)13-24(33)26(23)27(34)30-15-19-5-3-4-6-20(19)16-30/h3-13,28,32-33H,14-16H2,1-2H3. The second-order valence-electron chi connectivity index (χ2n) is 8.62. The Morgan fingerprint density at radius 1 is 1.03 bits per heavy atom.